The van der Waals surface area contributed by atoms with Crippen molar-refractivity contribution in [3.8, 4) is 11.8 Å². The Morgan fingerprint density at radius 1 is 1.18 bits per heavy atom. The summed E-state index contributed by atoms with van der Waals surface area (Å²) < 4.78 is 0. The van der Waals surface area contributed by atoms with Crippen molar-refractivity contribution in [2.24, 2.45) is 0 Å². The zero-order chi connectivity index (χ0) is 11.9. The number of rotatable bonds is 2. The minimum absolute atomic E-state index is 0.611. The first-order chi connectivity index (χ1) is 8.40. The van der Waals surface area contributed by atoms with Crippen molar-refractivity contribution in [2.45, 2.75) is 25.2 Å². The molecule has 0 aliphatic carbocycles. The zero-order valence-corrected chi connectivity index (χ0v) is 10.8. The van der Waals surface area contributed by atoms with E-state index in [9.17, 15) is 0 Å². The van der Waals surface area contributed by atoms with Crippen molar-refractivity contribution < 1.29 is 0 Å². The van der Waals surface area contributed by atoms with Crippen molar-refractivity contribution >= 4 is 11.6 Å². The average Bonchev–Trinajstić information content (AvgIpc) is 2.41. The molecular weight excluding hydrogens is 230 g/mol. The van der Waals surface area contributed by atoms with Crippen molar-refractivity contribution in [1.82, 2.24) is 5.32 Å². The normalized spacial score (nSPS) is 16.3. The van der Waals surface area contributed by atoms with E-state index < -0.39 is 0 Å². The van der Waals surface area contributed by atoms with Gasteiger partial charge in [0.25, 0.3) is 0 Å². The quantitative estimate of drug-likeness (QED) is 0.626. The van der Waals surface area contributed by atoms with Crippen LogP contribution in [0.4, 0.5) is 0 Å². The Morgan fingerprint density at radius 3 is 2.53 bits per heavy atom. The van der Waals surface area contributed by atoms with Gasteiger partial charge in [-0.15, -0.1) is 11.6 Å². The maximum Gasteiger partial charge on any atom is 0.0333 e. The van der Waals surface area contributed by atoms with E-state index in [1.54, 1.807) is 0 Å². The summed E-state index contributed by atoms with van der Waals surface area (Å²) in [6.45, 7) is 2.28. The Hall–Kier alpha value is -0.970. The average molecular weight is 248 g/mol. The summed E-state index contributed by atoms with van der Waals surface area (Å²) in [6.07, 6.45) is 3.26. The van der Waals surface area contributed by atoms with Crippen LogP contribution in [-0.4, -0.2) is 19.0 Å². The summed E-state index contributed by atoms with van der Waals surface area (Å²) in [7, 11) is 0. The molecule has 0 saturated carbocycles. The Morgan fingerprint density at radius 2 is 1.88 bits per heavy atom. The van der Waals surface area contributed by atoms with E-state index in [2.05, 4.69) is 41.4 Å². The molecule has 0 aromatic heterocycles. The van der Waals surface area contributed by atoms with Gasteiger partial charge in [0.15, 0.2) is 0 Å². The van der Waals surface area contributed by atoms with Crippen LogP contribution in [0.3, 0.4) is 0 Å². The van der Waals surface area contributed by atoms with Gasteiger partial charge >= 0.3 is 0 Å². The minimum atomic E-state index is 0.611. The van der Waals surface area contributed by atoms with Crippen LogP contribution in [0.1, 0.15) is 36.3 Å². The zero-order valence-electron chi connectivity index (χ0n) is 10.0. The largest absolute Gasteiger partial charge is 0.317 e. The SMILES string of the molecule is ClCCC#Cc1ccc(C2CCNCC2)cc1. The van der Waals surface area contributed by atoms with E-state index >= 15 is 0 Å². The highest BCUT2D eigenvalue weighted by molar-refractivity contribution is 6.18. The molecule has 17 heavy (non-hydrogen) atoms. The van der Waals surface area contributed by atoms with Crippen LogP contribution in [0.2, 0.25) is 0 Å². The summed E-state index contributed by atoms with van der Waals surface area (Å²) in [5.74, 6) is 7.52. The van der Waals surface area contributed by atoms with E-state index in [1.165, 1.54) is 18.4 Å². The lowest BCUT2D eigenvalue weighted by atomic mass is 9.90. The first-order valence-electron chi connectivity index (χ1n) is 6.25. The van der Waals surface area contributed by atoms with E-state index in [1.807, 2.05) is 0 Å². The summed E-state index contributed by atoms with van der Waals surface area (Å²) in [4.78, 5) is 0. The molecule has 1 aliphatic rings. The first-order valence-corrected chi connectivity index (χ1v) is 6.79. The molecule has 0 bridgehead atoms. The summed E-state index contributed by atoms with van der Waals surface area (Å²) >= 11 is 5.59. The van der Waals surface area contributed by atoms with E-state index in [-0.39, 0.29) is 0 Å². The molecule has 0 radical (unpaired) electrons. The van der Waals surface area contributed by atoms with E-state index in [0.29, 0.717) is 5.88 Å². The van der Waals surface area contributed by atoms with Crippen LogP contribution in [-0.2, 0) is 0 Å². The molecule has 0 amide bonds. The fourth-order valence-electron chi connectivity index (χ4n) is 2.21. The molecule has 0 unspecified atom stereocenters. The van der Waals surface area contributed by atoms with Gasteiger partial charge in [-0.2, -0.15) is 0 Å². The van der Waals surface area contributed by atoms with Crippen molar-refractivity contribution in [2.75, 3.05) is 19.0 Å². The molecule has 1 aromatic carbocycles. The van der Waals surface area contributed by atoms with Gasteiger partial charge in [-0.3, -0.25) is 0 Å². The molecule has 1 nitrogen and oxygen atoms in total. The third-order valence-electron chi connectivity index (χ3n) is 3.17. The van der Waals surface area contributed by atoms with Gasteiger partial charge < -0.3 is 5.32 Å². The van der Waals surface area contributed by atoms with Gasteiger partial charge in [0.1, 0.15) is 0 Å². The van der Waals surface area contributed by atoms with Crippen LogP contribution in [0, 0.1) is 11.8 Å². The maximum atomic E-state index is 5.59. The predicted octanol–water partition coefficient (Wildman–Crippen LogP) is 3.13. The number of nitrogens with one attached hydrogen (secondary N) is 1. The molecule has 90 valence electrons. The molecule has 0 atom stereocenters. The third-order valence-corrected chi connectivity index (χ3v) is 3.36. The van der Waals surface area contributed by atoms with Gasteiger partial charge in [0, 0.05) is 17.9 Å². The molecule has 1 saturated heterocycles. The van der Waals surface area contributed by atoms with Gasteiger partial charge in [0.05, 0.1) is 0 Å². The highest BCUT2D eigenvalue weighted by Crippen LogP contribution is 2.24. The second-order valence-corrected chi connectivity index (χ2v) is 4.77. The number of alkyl halides is 1. The molecule has 1 fully saturated rings. The Bertz CT molecular complexity index is 393. The molecule has 1 N–H and O–H groups in total. The second-order valence-electron chi connectivity index (χ2n) is 4.39. The predicted molar refractivity (Wildman–Crippen MR) is 73.5 cm³/mol. The molecule has 1 aliphatic heterocycles. The molecule has 1 heterocycles. The van der Waals surface area contributed by atoms with Crippen molar-refractivity contribution in [3.63, 3.8) is 0 Å². The Labute approximate surface area is 109 Å². The summed E-state index contributed by atoms with van der Waals surface area (Å²) in [6, 6.07) is 8.69. The fourth-order valence-corrected chi connectivity index (χ4v) is 2.30. The molecule has 2 heteroatoms. The number of benzene rings is 1. The van der Waals surface area contributed by atoms with Gasteiger partial charge in [0.2, 0.25) is 0 Å². The van der Waals surface area contributed by atoms with Crippen molar-refractivity contribution in [1.29, 1.82) is 0 Å². The van der Waals surface area contributed by atoms with Crippen molar-refractivity contribution in [3.05, 3.63) is 35.4 Å². The Kier molecular flexibility index (Phi) is 4.91. The molecular formula is C15H18ClN. The topological polar surface area (TPSA) is 12.0 Å². The minimum Gasteiger partial charge on any atom is -0.317 e. The summed E-state index contributed by atoms with van der Waals surface area (Å²) in [5.41, 5.74) is 2.54. The van der Waals surface area contributed by atoms with Gasteiger partial charge in [-0.1, -0.05) is 24.0 Å². The first kappa shape index (κ1) is 12.5. The lowest BCUT2D eigenvalue weighted by Gasteiger charge is -2.22. The van der Waals surface area contributed by atoms with Crippen LogP contribution < -0.4 is 5.32 Å². The fraction of sp³-hybridized carbons (Fsp3) is 0.467. The van der Waals surface area contributed by atoms with Gasteiger partial charge in [-0.25, -0.2) is 0 Å². The van der Waals surface area contributed by atoms with E-state index in [0.717, 1.165) is 31.0 Å². The van der Waals surface area contributed by atoms with E-state index in [4.69, 9.17) is 11.6 Å². The third kappa shape index (κ3) is 3.77. The lowest BCUT2D eigenvalue weighted by Crippen LogP contribution is -2.26. The molecule has 1 aromatic rings. The highest BCUT2D eigenvalue weighted by Gasteiger charge is 2.14. The highest BCUT2D eigenvalue weighted by atomic mass is 35.5. The van der Waals surface area contributed by atoms with Crippen LogP contribution >= 0.6 is 11.6 Å². The number of piperidine rings is 1. The smallest absolute Gasteiger partial charge is 0.0333 e. The van der Waals surface area contributed by atoms with Crippen LogP contribution in [0.25, 0.3) is 0 Å². The summed E-state index contributed by atoms with van der Waals surface area (Å²) in [5, 5.41) is 3.40. The maximum absolute atomic E-state index is 5.59. The second kappa shape index (κ2) is 6.69. The monoisotopic (exact) mass is 247 g/mol. The number of hydrogen-bond acceptors (Lipinski definition) is 1. The molecule has 2 rings (SSSR count). The van der Waals surface area contributed by atoms with Gasteiger partial charge in [-0.05, 0) is 49.5 Å². The Balaban J connectivity index is 2.00. The van der Waals surface area contributed by atoms with Crippen LogP contribution in [0.15, 0.2) is 24.3 Å². The number of halogens is 1. The standard InChI is InChI=1S/C15H18ClN/c16-10-2-1-3-13-4-6-14(7-5-13)15-8-11-17-12-9-15/h4-7,15,17H,2,8-12H2. The number of hydrogen-bond donors (Lipinski definition) is 1. The lowest BCUT2D eigenvalue weighted by molar-refractivity contribution is 0.460. The van der Waals surface area contributed by atoms with Crippen LogP contribution in [0.5, 0.6) is 0 Å². The molecule has 0 spiro atoms.